The summed E-state index contributed by atoms with van der Waals surface area (Å²) >= 11 is 0. The summed E-state index contributed by atoms with van der Waals surface area (Å²) in [5, 5.41) is 9.95. The molecule has 77 heavy (non-hydrogen) atoms. The molecule has 10 rings (SSSR count). The van der Waals surface area contributed by atoms with Crippen LogP contribution in [0.3, 0.4) is 0 Å². The maximum absolute atomic E-state index is 13.6. The maximum Gasteiger partial charge on any atom is 0.586 e. The van der Waals surface area contributed by atoms with Crippen LogP contribution in [0.5, 0.6) is 23.0 Å². The second-order valence-corrected chi connectivity index (χ2v) is 27.0. The van der Waals surface area contributed by atoms with E-state index in [4.69, 9.17) is 0 Å². The van der Waals surface area contributed by atoms with Crippen LogP contribution >= 0.6 is 0 Å². The summed E-state index contributed by atoms with van der Waals surface area (Å²) in [5.74, 6) is -3.12. The van der Waals surface area contributed by atoms with Crippen LogP contribution in [0.25, 0.3) is 0 Å². The molecule has 0 aromatic heterocycles. The molecule has 2 aliphatic heterocycles. The molecular formula is C67H89F5O5. The number of ether oxygens (including phenoxy) is 4. The number of aryl methyl sites for hydroxylation is 6. The van der Waals surface area contributed by atoms with E-state index in [1.807, 2.05) is 41.5 Å². The Morgan fingerprint density at radius 3 is 1.31 bits per heavy atom. The molecule has 0 fully saturated rings. The summed E-state index contributed by atoms with van der Waals surface area (Å²) < 4.78 is 83.5. The van der Waals surface area contributed by atoms with Crippen LogP contribution in [0.15, 0.2) is 84.9 Å². The van der Waals surface area contributed by atoms with E-state index in [0.717, 1.165) is 36.0 Å². The van der Waals surface area contributed by atoms with Crippen molar-refractivity contribution < 1.29 is 46.0 Å². The Balaban J connectivity index is 0.000000156. The van der Waals surface area contributed by atoms with Crippen molar-refractivity contribution in [2.75, 3.05) is 0 Å². The molecule has 0 radical (unpaired) electrons. The molecule has 0 saturated carbocycles. The van der Waals surface area contributed by atoms with E-state index in [1.165, 1.54) is 97.4 Å². The lowest BCUT2D eigenvalue weighted by Crippen LogP contribution is -2.53. The molecule has 5 aromatic carbocycles. The third-order valence-corrected chi connectivity index (χ3v) is 15.1. The minimum Gasteiger partial charge on any atom is -0.446 e. The van der Waals surface area contributed by atoms with Gasteiger partial charge in [0.2, 0.25) is 0 Å². The van der Waals surface area contributed by atoms with Crippen LogP contribution in [-0.2, 0) is 59.2 Å². The van der Waals surface area contributed by atoms with Crippen LogP contribution < -0.4 is 18.9 Å². The lowest BCUT2D eigenvalue weighted by atomic mass is 9.79. The maximum atomic E-state index is 13.6. The molecule has 0 bridgehead atoms. The standard InChI is InChI=1S/C15H22.C14H20O.C14H20.C13H15F3O2.C11H12F2O2/c1-11-9-12-7-5-6-8-13(12)10-14(11)15(2,3)4;1-14(2,3)11-8-7-10-5-4-6-13(15)12(10)9-11;1-14(2,3)13-9-8-11-6-4-5-7-12(11)10-13;1-11(2,3)8-5-6-9-10(7-8)18-13(15,16)12(4,14)17-9;1-10(2,3)7-4-5-8-9(6-7)15-11(12,13)14-8/h9-10H,5-8H2,1-4H3;7-9,13,15H,4-6H2,1-3H3;8-10H,4-7H2,1-3H3;5-7H,1-4H3;4-6H,1-3H3. The molecule has 5 aromatic rings. The topological polar surface area (TPSA) is 57.2 Å². The second kappa shape index (κ2) is 22.9. The highest BCUT2D eigenvalue weighted by atomic mass is 19.3. The number of rotatable bonds is 0. The molecule has 0 spiro atoms. The summed E-state index contributed by atoms with van der Waals surface area (Å²) in [4.78, 5) is 0. The van der Waals surface area contributed by atoms with Gasteiger partial charge in [-0.2, -0.15) is 13.2 Å². The number of hydrogen-bond donors (Lipinski definition) is 1. The van der Waals surface area contributed by atoms with Crippen LogP contribution in [-0.4, -0.2) is 23.4 Å². The van der Waals surface area contributed by atoms with Gasteiger partial charge in [0.25, 0.3) is 0 Å². The zero-order chi connectivity index (χ0) is 57.3. The Morgan fingerprint density at radius 1 is 0.416 bits per heavy atom. The second-order valence-electron chi connectivity index (χ2n) is 27.0. The molecule has 0 saturated heterocycles. The predicted molar refractivity (Wildman–Crippen MR) is 304 cm³/mol. The third-order valence-electron chi connectivity index (χ3n) is 15.1. The van der Waals surface area contributed by atoms with Crippen molar-refractivity contribution in [1.82, 2.24) is 0 Å². The molecule has 5 aliphatic rings. The van der Waals surface area contributed by atoms with E-state index in [0.29, 0.717) is 12.3 Å². The van der Waals surface area contributed by atoms with Gasteiger partial charge in [-0.15, -0.1) is 8.78 Å². The van der Waals surface area contributed by atoms with Gasteiger partial charge >= 0.3 is 18.3 Å². The highest BCUT2D eigenvalue weighted by Crippen LogP contribution is 2.47. The largest absolute Gasteiger partial charge is 0.586 e. The van der Waals surface area contributed by atoms with E-state index in [9.17, 15) is 27.1 Å². The van der Waals surface area contributed by atoms with Gasteiger partial charge < -0.3 is 24.1 Å². The van der Waals surface area contributed by atoms with Crippen LogP contribution in [0, 0.1) is 6.92 Å². The van der Waals surface area contributed by atoms with Gasteiger partial charge in [-0.3, -0.25) is 0 Å². The number of alkyl halides is 5. The molecular weight excluding hydrogens is 980 g/mol. The highest BCUT2D eigenvalue weighted by molar-refractivity contribution is 5.48. The molecule has 10 heteroatoms. The van der Waals surface area contributed by atoms with E-state index >= 15 is 0 Å². The Morgan fingerprint density at radius 2 is 0.805 bits per heavy atom. The number of halogens is 5. The van der Waals surface area contributed by atoms with Crippen molar-refractivity contribution in [3.8, 4) is 23.0 Å². The van der Waals surface area contributed by atoms with Gasteiger partial charge in [-0.05, 0) is 196 Å². The number of fused-ring (bicyclic) bond motifs is 5. The van der Waals surface area contributed by atoms with Crippen molar-refractivity contribution in [2.45, 2.75) is 240 Å². The minimum absolute atomic E-state index is 0.0149. The number of hydrogen-bond acceptors (Lipinski definition) is 5. The molecule has 2 unspecified atom stereocenters. The van der Waals surface area contributed by atoms with Crippen LogP contribution in [0.2, 0.25) is 0 Å². The van der Waals surface area contributed by atoms with E-state index < -0.39 is 18.3 Å². The number of aliphatic hydroxyl groups excluding tert-OH is 1. The summed E-state index contributed by atoms with van der Waals surface area (Å²) in [6.45, 7) is 35.2. The molecule has 3 aliphatic carbocycles. The van der Waals surface area contributed by atoms with E-state index in [-0.39, 0.29) is 50.8 Å². The lowest BCUT2D eigenvalue weighted by molar-refractivity contribution is -0.332. The normalized spacial score (nSPS) is 19.9. The van der Waals surface area contributed by atoms with Gasteiger partial charge in [0.15, 0.2) is 23.0 Å². The van der Waals surface area contributed by atoms with Gasteiger partial charge in [0.05, 0.1) is 6.10 Å². The van der Waals surface area contributed by atoms with E-state index in [1.54, 1.807) is 40.5 Å². The predicted octanol–water partition coefficient (Wildman–Crippen LogP) is 18.7. The number of aliphatic hydroxyl groups is 1. The fourth-order valence-electron chi connectivity index (χ4n) is 10.2. The Hall–Kier alpha value is -5.09. The third kappa shape index (κ3) is 15.8. The van der Waals surface area contributed by atoms with Crippen LogP contribution in [0.1, 0.15) is 222 Å². The Labute approximate surface area is 458 Å². The quantitative estimate of drug-likeness (QED) is 0.157. The average Bonchev–Trinajstić information content (AvgIpc) is 3.64. The SMILES string of the molecule is CC(C)(C)c1ccc2c(c1)C(O)CCC2.CC(C)(C)c1ccc2c(c1)CCCC2.CC(C)(C)c1ccc2c(c1)OC(F)(F)C(C)(F)O2.CC(C)(C)c1ccc2c(c1)OC(F)(F)O2.Cc1cc2c(cc1C(C)(C)C)CCCC2. The first-order chi connectivity index (χ1) is 35.3. The first-order valence-electron chi connectivity index (χ1n) is 27.9. The average molecular weight is 1070 g/mol. The zero-order valence-corrected chi connectivity index (χ0v) is 49.4. The first kappa shape index (κ1) is 61.1. The summed E-state index contributed by atoms with van der Waals surface area (Å²) in [6, 6.07) is 28.0. The molecule has 1 N–H and O–H groups in total. The summed E-state index contributed by atoms with van der Waals surface area (Å²) in [6.07, 6.45) is 6.05. The van der Waals surface area contributed by atoms with Crippen LogP contribution in [0.4, 0.5) is 22.0 Å². The first-order valence-corrected chi connectivity index (χ1v) is 27.9. The van der Waals surface area contributed by atoms with Gasteiger partial charge in [-0.25, -0.2) is 0 Å². The molecule has 2 heterocycles. The Kier molecular flexibility index (Phi) is 18.2. The van der Waals surface area contributed by atoms with Crippen molar-refractivity contribution >= 4 is 0 Å². The Bertz CT molecular complexity index is 2830. The van der Waals surface area contributed by atoms with Gasteiger partial charge in [-0.1, -0.05) is 165 Å². The molecule has 2 atom stereocenters. The fourth-order valence-corrected chi connectivity index (χ4v) is 10.2. The summed E-state index contributed by atoms with van der Waals surface area (Å²) in [7, 11) is 0. The van der Waals surface area contributed by atoms with E-state index in [2.05, 4.69) is 137 Å². The molecule has 422 valence electrons. The minimum atomic E-state index is -4.00. The van der Waals surface area contributed by atoms with Crippen molar-refractivity contribution in [3.63, 3.8) is 0 Å². The highest BCUT2D eigenvalue weighted by Gasteiger charge is 2.60. The zero-order valence-electron chi connectivity index (χ0n) is 49.4. The van der Waals surface area contributed by atoms with Gasteiger partial charge in [0, 0.05) is 6.92 Å². The lowest BCUT2D eigenvalue weighted by Gasteiger charge is -2.36. The van der Waals surface area contributed by atoms with Crippen molar-refractivity contribution in [2.24, 2.45) is 0 Å². The number of benzene rings is 5. The fraction of sp³-hybridized carbons (Fsp3) is 0.552. The molecule has 0 amide bonds. The van der Waals surface area contributed by atoms with Gasteiger partial charge in [0.1, 0.15) is 0 Å². The van der Waals surface area contributed by atoms with Crippen molar-refractivity contribution in [3.05, 3.63) is 152 Å². The smallest absolute Gasteiger partial charge is 0.446 e. The molecule has 5 nitrogen and oxygen atoms in total. The monoisotopic (exact) mass is 1070 g/mol. The summed E-state index contributed by atoms with van der Waals surface area (Å²) in [5.41, 5.74) is 16.9. The van der Waals surface area contributed by atoms with Crippen molar-refractivity contribution in [1.29, 1.82) is 0 Å².